The zero-order valence-electron chi connectivity index (χ0n) is 11.8. The Labute approximate surface area is 115 Å². The number of rotatable bonds is 5. The average Bonchev–Trinajstić information content (AvgIpc) is 3.15. The van der Waals surface area contributed by atoms with E-state index < -0.39 is 0 Å². The van der Waals surface area contributed by atoms with Crippen LogP contribution in [0.15, 0.2) is 18.2 Å². The van der Waals surface area contributed by atoms with Gasteiger partial charge in [-0.15, -0.1) is 0 Å². The largest absolute Gasteiger partial charge is 0.493 e. The Kier molecular flexibility index (Phi) is 3.17. The molecule has 0 heterocycles. The molecule has 2 aliphatic carbocycles. The lowest BCUT2D eigenvalue weighted by Gasteiger charge is -2.28. The van der Waals surface area contributed by atoms with Crippen molar-refractivity contribution in [3.8, 4) is 11.5 Å². The van der Waals surface area contributed by atoms with Crippen molar-refractivity contribution >= 4 is 0 Å². The summed E-state index contributed by atoms with van der Waals surface area (Å²) in [4.78, 5) is 0. The molecule has 2 aliphatic rings. The first-order valence-corrected chi connectivity index (χ1v) is 7.26. The molecule has 1 aromatic carbocycles. The summed E-state index contributed by atoms with van der Waals surface area (Å²) in [5.74, 6) is 1.72. The van der Waals surface area contributed by atoms with Gasteiger partial charge in [0, 0.05) is 11.5 Å². The van der Waals surface area contributed by atoms with Gasteiger partial charge in [0.05, 0.1) is 13.2 Å². The molecule has 0 aromatic heterocycles. The third-order valence-electron chi connectivity index (χ3n) is 4.74. The molecular weight excluding hydrogens is 238 g/mol. The van der Waals surface area contributed by atoms with Crippen LogP contribution in [0.4, 0.5) is 0 Å². The summed E-state index contributed by atoms with van der Waals surface area (Å²) in [7, 11) is 1.71. The van der Waals surface area contributed by atoms with Gasteiger partial charge in [0.2, 0.25) is 0 Å². The van der Waals surface area contributed by atoms with Crippen molar-refractivity contribution < 1.29 is 9.47 Å². The zero-order chi connectivity index (χ0) is 13.5. The minimum atomic E-state index is 0.169. The van der Waals surface area contributed by atoms with Gasteiger partial charge in [-0.05, 0) is 56.7 Å². The van der Waals surface area contributed by atoms with Crippen molar-refractivity contribution in [3.05, 3.63) is 23.8 Å². The molecule has 0 saturated heterocycles. The highest BCUT2D eigenvalue weighted by Crippen LogP contribution is 2.51. The molecule has 0 radical (unpaired) electrons. The predicted molar refractivity (Wildman–Crippen MR) is 75.8 cm³/mol. The second kappa shape index (κ2) is 4.71. The first-order valence-electron chi connectivity index (χ1n) is 7.26. The summed E-state index contributed by atoms with van der Waals surface area (Å²) < 4.78 is 11.5. The summed E-state index contributed by atoms with van der Waals surface area (Å²) in [6.45, 7) is 2.10. The van der Waals surface area contributed by atoms with Crippen LogP contribution in [-0.2, 0) is 5.41 Å². The molecule has 104 valence electrons. The molecule has 19 heavy (non-hydrogen) atoms. The normalized spacial score (nSPS) is 22.5. The second-order valence-corrected chi connectivity index (χ2v) is 5.98. The molecule has 1 aromatic rings. The van der Waals surface area contributed by atoms with E-state index in [0.717, 1.165) is 24.3 Å². The van der Waals surface area contributed by atoms with Gasteiger partial charge in [-0.2, -0.15) is 0 Å². The minimum absolute atomic E-state index is 0.169. The number of hydrogen-bond donors (Lipinski definition) is 1. The van der Waals surface area contributed by atoms with Crippen molar-refractivity contribution in [3.63, 3.8) is 0 Å². The molecule has 0 aliphatic heterocycles. The van der Waals surface area contributed by atoms with Gasteiger partial charge in [0.1, 0.15) is 0 Å². The summed E-state index contributed by atoms with van der Waals surface area (Å²) in [5.41, 5.74) is 7.59. The van der Waals surface area contributed by atoms with Crippen molar-refractivity contribution in [2.24, 2.45) is 5.73 Å². The van der Waals surface area contributed by atoms with Gasteiger partial charge in [-0.25, -0.2) is 0 Å². The Morgan fingerprint density at radius 1 is 1.26 bits per heavy atom. The lowest BCUT2D eigenvalue weighted by Crippen LogP contribution is -2.31. The molecule has 1 unspecified atom stereocenters. The first-order chi connectivity index (χ1) is 9.15. The van der Waals surface area contributed by atoms with E-state index in [1.165, 1.54) is 24.8 Å². The summed E-state index contributed by atoms with van der Waals surface area (Å²) in [5, 5.41) is 0. The first kappa shape index (κ1) is 12.8. The quantitative estimate of drug-likeness (QED) is 0.886. The Bertz CT molecular complexity index is 462. The summed E-state index contributed by atoms with van der Waals surface area (Å²) in [6, 6.07) is 6.52. The maximum Gasteiger partial charge on any atom is 0.161 e. The van der Waals surface area contributed by atoms with E-state index in [1.54, 1.807) is 7.11 Å². The molecule has 1 atom stereocenters. The van der Waals surface area contributed by atoms with E-state index in [2.05, 4.69) is 25.1 Å². The lowest BCUT2D eigenvalue weighted by atomic mass is 9.89. The zero-order valence-corrected chi connectivity index (χ0v) is 11.8. The Balaban J connectivity index is 1.84. The van der Waals surface area contributed by atoms with Crippen LogP contribution in [0, 0.1) is 0 Å². The van der Waals surface area contributed by atoms with E-state index in [4.69, 9.17) is 15.2 Å². The van der Waals surface area contributed by atoms with Gasteiger partial charge in [0.15, 0.2) is 11.5 Å². The van der Waals surface area contributed by atoms with Crippen LogP contribution >= 0.6 is 0 Å². The molecule has 2 saturated carbocycles. The van der Waals surface area contributed by atoms with Crippen LogP contribution in [0.3, 0.4) is 0 Å². The van der Waals surface area contributed by atoms with E-state index in [0.29, 0.717) is 6.10 Å². The van der Waals surface area contributed by atoms with Gasteiger partial charge >= 0.3 is 0 Å². The van der Waals surface area contributed by atoms with Gasteiger partial charge < -0.3 is 15.2 Å². The molecule has 3 nitrogen and oxygen atoms in total. The van der Waals surface area contributed by atoms with E-state index in [-0.39, 0.29) is 11.5 Å². The molecule has 2 N–H and O–H groups in total. The molecular formula is C16H23NO2. The third-order valence-corrected chi connectivity index (χ3v) is 4.74. The molecule has 0 amide bonds. The fourth-order valence-electron chi connectivity index (χ4n) is 2.88. The standard InChI is InChI=1S/C16H23NO2/c1-11(17)16(8-9-16)12-6-7-14(15(10-12)18-2)19-13-4-3-5-13/h6-7,10-11,13H,3-5,8-9,17H2,1-2H3. The van der Waals surface area contributed by atoms with Crippen LogP contribution in [0.2, 0.25) is 0 Å². The van der Waals surface area contributed by atoms with Gasteiger partial charge in [-0.1, -0.05) is 6.07 Å². The fraction of sp³-hybridized carbons (Fsp3) is 0.625. The number of ether oxygens (including phenoxy) is 2. The van der Waals surface area contributed by atoms with E-state index in [1.807, 2.05) is 0 Å². The van der Waals surface area contributed by atoms with Crippen LogP contribution in [-0.4, -0.2) is 19.3 Å². The van der Waals surface area contributed by atoms with Crippen molar-refractivity contribution in [2.45, 2.75) is 56.6 Å². The Morgan fingerprint density at radius 2 is 2.00 bits per heavy atom. The van der Waals surface area contributed by atoms with Crippen molar-refractivity contribution in [2.75, 3.05) is 7.11 Å². The van der Waals surface area contributed by atoms with Gasteiger partial charge in [-0.3, -0.25) is 0 Å². The smallest absolute Gasteiger partial charge is 0.161 e. The van der Waals surface area contributed by atoms with Gasteiger partial charge in [0.25, 0.3) is 0 Å². The topological polar surface area (TPSA) is 44.5 Å². The van der Waals surface area contributed by atoms with Crippen LogP contribution in [0.5, 0.6) is 11.5 Å². The number of nitrogens with two attached hydrogens (primary N) is 1. The third kappa shape index (κ3) is 2.20. The van der Waals surface area contributed by atoms with E-state index in [9.17, 15) is 0 Å². The van der Waals surface area contributed by atoms with Crippen LogP contribution in [0.25, 0.3) is 0 Å². The second-order valence-electron chi connectivity index (χ2n) is 5.98. The maximum absolute atomic E-state index is 6.13. The Morgan fingerprint density at radius 3 is 2.47 bits per heavy atom. The molecule has 3 heteroatoms. The summed E-state index contributed by atoms with van der Waals surface area (Å²) >= 11 is 0. The number of hydrogen-bond acceptors (Lipinski definition) is 3. The fourth-order valence-corrected chi connectivity index (χ4v) is 2.88. The number of benzene rings is 1. The lowest BCUT2D eigenvalue weighted by molar-refractivity contribution is 0.116. The number of methoxy groups -OCH3 is 1. The molecule has 3 rings (SSSR count). The minimum Gasteiger partial charge on any atom is -0.493 e. The highest BCUT2D eigenvalue weighted by atomic mass is 16.5. The molecule has 2 fully saturated rings. The molecule has 0 spiro atoms. The molecule has 0 bridgehead atoms. The van der Waals surface area contributed by atoms with Crippen LogP contribution < -0.4 is 15.2 Å². The predicted octanol–water partition coefficient (Wildman–Crippen LogP) is 3.01. The van der Waals surface area contributed by atoms with E-state index >= 15 is 0 Å². The monoisotopic (exact) mass is 261 g/mol. The van der Waals surface area contributed by atoms with Crippen LogP contribution in [0.1, 0.15) is 44.6 Å². The Hall–Kier alpha value is -1.22. The SMILES string of the molecule is COc1cc(C2(C(C)N)CC2)ccc1OC1CCC1. The van der Waals surface area contributed by atoms with Crippen molar-refractivity contribution in [1.82, 2.24) is 0 Å². The maximum atomic E-state index is 6.13. The summed E-state index contributed by atoms with van der Waals surface area (Å²) in [6.07, 6.45) is 6.33. The van der Waals surface area contributed by atoms with Crippen molar-refractivity contribution in [1.29, 1.82) is 0 Å². The highest BCUT2D eigenvalue weighted by Gasteiger charge is 2.47. The average molecular weight is 261 g/mol. The highest BCUT2D eigenvalue weighted by molar-refractivity contribution is 5.47.